The molecular formula is C17H27Cl2N5O. The van der Waals surface area contributed by atoms with Crippen LogP contribution in [0.2, 0.25) is 0 Å². The van der Waals surface area contributed by atoms with Gasteiger partial charge in [0.25, 0.3) is 0 Å². The maximum atomic E-state index is 12.6. The zero-order chi connectivity index (χ0) is 16.9. The molecular weight excluding hydrogens is 361 g/mol. The van der Waals surface area contributed by atoms with Crippen molar-refractivity contribution in [2.24, 2.45) is 11.1 Å². The van der Waals surface area contributed by atoms with Crippen LogP contribution >= 0.6 is 24.8 Å². The number of nitrogens with one attached hydrogen (secondary N) is 1. The summed E-state index contributed by atoms with van der Waals surface area (Å²) in [5, 5.41) is 3.02. The van der Waals surface area contributed by atoms with Crippen LogP contribution in [0, 0.1) is 12.3 Å². The minimum absolute atomic E-state index is 0. The number of nitrogens with two attached hydrogens (primary N) is 1. The molecule has 0 saturated heterocycles. The van der Waals surface area contributed by atoms with Gasteiger partial charge in [-0.05, 0) is 25.8 Å². The van der Waals surface area contributed by atoms with E-state index >= 15 is 0 Å². The molecule has 0 saturated carbocycles. The van der Waals surface area contributed by atoms with Gasteiger partial charge in [-0.25, -0.2) is 9.97 Å². The number of halogens is 2. The number of hydrogen-bond donors (Lipinski definition) is 2. The maximum absolute atomic E-state index is 12.6. The Labute approximate surface area is 161 Å². The monoisotopic (exact) mass is 387 g/mol. The van der Waals surface area contributed by atoms with Crippen LogP contribution in [0.5, 0.6) is 0 Å². The van der Waals surface area contributed by atoms with E-state index in [-0.39, 0.29) is 30.7 Å². The minimum atomic E-state index is -0.493. The van der Waals surface area contributed by atoms with Gasteiger partial charge in [-0.2, -0.15) is 0 Å². The summed E-state index contributed by atoms with van der Waals surface area (Å²) in [5.41, 5.74) is 6.29. The fraction of sp³-hybridized carbons (Fsp3) is 0.471. The van der Waals surface area contributed by atoms with E-state index in [1.165, 1.54) is 0 Å². The normalized spacial score (nSPS) is 10.6. The highest BCUT2D eigenvalue weighted by Crippen LogP contribution is 2.25. The van der Waals surface area contributed by atoms with Crippen LogP contribution in [0.1, 0.15) is 38.1 Å². The van der Waals surface area contributed by atoms with Gasteiger partial charge in [0.15, 0.2) is 0 Å². The van der Waals surface area contributed by atoms with Gasteiger partial charge >= 0.3 is 0 Å². The number of hydrogen-bond acceptors (Lipinski definition) is 4. The Kier molecular flexibility index (Phi) is 9.70. The fourth-order valence-corrected chi connectivity index (χ4v) is 2.70. The predicted molar refractivity (Wildman–Crippen MR) is 105 cm³/mol. The van der Waals surface area contributed by atoms with Crippen molar-refractivity contribution in [3.05, 3.63) is 42.1 Å². The molecule has 0 atom stereocenters. The largest absolute Gasteiger partial charge is 0.351 e. The molecule has 8 heteroatoms. The summed E-state index contributed by atoms with van der Waals surface area (Å²) in [7, 11) is 0. The summed E-state index contributed by atoms with van der Waals surface area (Å²) in [4.78, 5) is 21.2. The molecule has 2 aromatic rings. The van der Waals surface area contributed by atoms with Crippen molar-refractivity contribution in [1.82, 2.24) is 19.9 Å². The first-order valence-electron chi connectivity index (χ1n) is 8.00. The number of nitrogens with zero attached hydrogens (tertiary/aromatic N) is 3. The van der Waals surface area contributed by atoms with Gasteiger partial charge in [0.05, 0.1) is 5.41 Å². The molecule has 0 radical (unpaired) electrons. The van der Waals surface area contributed by atoms with Gasteiger partial charge in [0.2, 0.25) is 5.91 Å². The van der Waals surface area contributed by atoms with Crippen LogP contribution < -0.4 is 11.1 Å². The number of carbonyl (C=O) groups is 1. The zero-order valence-corrected chi connectivity index (χ0v) is 16.5. The van der Waals surface area contributed by atoms with Crippen molar-refractivity contribution in [1.29, 1.82) is 0 Å². The van der Waals surface area contributed by atoms with Crippen molar-refractivity contribution in [3.63, 3.8) is 0 Å². The lowest BCUT2D eigenvalue weighted by Gasteiger charge is -2.28. The molecule has 0 aliphatic rings. The molecule has 0 fully saturated rings. The standard InChI is InChI=1S/C17H25N5O.2ClH/c1-4-17(5-2,12-18)16(23)21-11-14-7-6-8-20-15(14)22-10-9-19-13(22)3;;/h6-10H,4-5,11-12,18H2,1-3H3,(H,21,23);2*1H. The molecule has 0 unspecified atom stereocenters. The predicted octanol–water partition coefficient (Wildman–Crippen LogP) is 2.80. The van der Waals surface area contributed by atoms with Gasteiger partial charge in [-0.3, -0.25) is 9.36 Å². The summed E-state index contributed by atoms with van der Waals surface area (Å²) in [6, 6.07) is 3.83. The molecule has 140 valence electrons. The summed E-state index contributed by atoms with van der Waals surface area (Å²) in [6.45, 7) is 6.69. The average Bonchev–Trinajstić information content (AvgIpc) is 3.01. The number of aryl methyl sites for hydroxylation is 1. The van der Waals surface area contributed by atoms with E-state index in [1.54, 1.807) is 12.4 Å². The quantitative estimate of drug-likeness (QED) is 0.764. The summed E-state index contributed by atoms with van der Waals surface area (Å²) in [6.07, 6.45) is 6.80. The topological polar surface area (TPSA) is 85.8 Å². The van der Waals surface area contributed by atoms with Gasteiger partial charge in [0.1, 0.15) is 11.6 Å². The van der Waals surface area contributed by atoms with E-state index < -0.39 is 5.41 Å². The molecule has 3 N–H and O–H groups in total. The summed E-state index contributed by atoms with van der Waals surface area (Å²) >= 11 is 0. The van der Waals surface area contributed by atoms with Crippen molar-refractivity contribution in [3.8, 4) is 5.82 Å². The molecule has 0 aromatic carbocycles. The van der Waals surface area contributed by atoms with Crippen LogP contribution in [0.25, 0.3) is 5.82 Å². The van der Waals surface area contributed by atoms with E-state index in [1.807, 2.05) is 43.7 Å². The van der Waals surface area contributed by atoms with E-state index in [2.05, 4.69) is 15.3 Å². The highest BCUT2D eigenvalue weighted by molar-refractivity contribution is 5.85. The van der Waals surface area contributed by atoms with Crippen molar-refractivity contribution >= 4 is 30.7 Å². The van der Waals surface area contributed by atoms with E-state index in [0.717, 1.165) is 30.0 Å². The van der Waals surface area contributed by atoms with Crippen LogP contribution in [-0.4, -0.2) is 27.0 Å². The molecule has 1 amide bonds. The highest BCUT2D eigenvalue weighted by atomic mass is 35.5. The van der Waals surface area contributed by atoms with Crippen molar-refractivity contribution < 1.29 is 4.79 Å². The Morgan fingerprint density at radius 2 is 1.92 bits per heavy atom. The number of pyridine rings is 1. The molecule has 0 aliphatic heterocycles. The fourth-order valence-electron chi connectivity index (χ4n) is 2.70. The highest BCUT2D eigenvalue weighted by Gasteiger charge is 2.33. The molecule has 6 nitrogen and oxygen atoms in total. The molecule has 2 heterocycles. The number of amides is 1. The molecule has 0 bridgehead atoms. The van der Waals surface area contributed by atoms with E-state index in [0.29, 0.717) is 13.1 Å². The van der Waals surface area contributed by atoms with Crippen LogP contribution in [-0.2, 0) is 11.3 Å². The molecule has 2 aromatic heterocycles. The van der Waals surface area contributed by atoms with Gasteiger partial charge in [-0.15, -0.1) is 24.8 Å². The van der Waals surface area contributed by atoms with Crippen LogP contribution in [0.15, 0.2) is 30.7 Å². The Bertz CT molecular complexity index is 662. The lowest BCUT2D eigenvalue weighted by molar-refractivity contribution is -0.131. The van der Waals surface area contributed by atoms with Gasteiger partial charge in [-0.1, -0.05) is 19.9 Å². The van der Waals surface area contributed by atoms with E-state index in [9.17, 15) is 4.79 Å². The molecule has 0 spiro atoms. The lowest BCUT2D eigenvalue weighted by Crippen LogP contribution is -2.45. The third kappa shape index (κ3) is 4.93. The SMILES string of the molecule is CCC(CC)(CN)C(=O)NCc1cccnc1-n1ccnc1C.Cl.Cl. The Hall–Kier alpha value is -1.63. The zero-order valence-electron chi connectivity index (χ0n) is 14.9. The third-order valence-corrected chi connectivity index (χ3v) is 4.59. The number of imidazole rings is 1. The van der Waals surface area contributed by atoms with Crippen LogP contribution in [0.4, 0.5) is 0 Å². The molecule has 2 rings (SSSR count). The second-order valence-corrected chi connectivity index (χ2v) is 5.70. The Balaban J connectivity index is 0.00000288. The average molecular weight is 388 g/mol. The number of rotatable bonds is 7. The summed E-state index contributed by atoms with van der Waals surface area (Å²) in [5.74, 6) is 1.64. The molecule has 0 aliphatic carbocycles. The van der Waals surface area contributed by atoms with Crippen molar-refractivity contribution in [2.45, 2.75) is 40.2 Å². The first-order chi connectivity index (χ1) is 11.1. The van der Waals surface area contributed by atoms with Crippen molar-refractivity contribution in [2.75, 3.05) is 6.54 Å². The minimum Gasteiger partial charge on any atom is -0.351 e. The van der Waals surface area contributed by atoms with E-state index in [4.69, 9.17) is 5.73 Å². The maximum Gasteiger partial charge on any atom is 0.227 e. The third-order valence-electron chi connectivity index (χ3n) is 4.59. The Morgan fingerprint density at radius 1 is 1.24 bits per heavy atom. The van der Waals surface area contributed by atoms with Crippen LogP contribution in [0.3, 0.4) is 0 Å². The van der Waals surface area contributed by atoms with Gasteiger partial charge in [0, 0.05) is 37.2 Å². The number of carbonyl (C=O) groups excluding carboxylic acids is 1. The molecule has 25 heavy (non-hydrogen) atoms. The smallest absolute Gasteiger partial charge is 0.227 e. The summed E-state index contributed by atoms with van der Waals surface area (Å²) < 4.78 is 1.91. The second-order valence-electron chi connectivity index (χ2n) is 5.70. The Morgan fingerprint density at radius 3 is 2.44 bits per heavy atom. The lowest BCUT2D eigenvalue weighted by atomic mass is 9.81. The second kappa shape index (κ2) is 10.4. The van der Waals surface area contributed by atoms with Gasteiger partial charge < -0.3 is 11.1 Å². The first kappa shape index (κ1) is 23.4. The first-order valence-corrected chi connectivity index (χ1v) is 8.00. The number of aromatic nitrogens is 3.